The summed E-state index contributed by atoms with van der Waals surface area (Å²) in [5.41, 5.74) is 1.42. The molecule has 0 aliphatic carbocycles. The van der Waals surface area contributed by atoms with E-state index in [4.69, 9.17) is 9.47 Å². The van der Waals surface area contributed by atoms with E-state index >= 15 is 0 Å². The summed E-state index contributed by atoms with van der Waals surface area (Å²) in [7, 11) is -0.276. The van der Waals surface area contributed by atoms with Crippen LogP contribution >= 0.6 is 0 Å². The molecule has 1 heterocycles. The molecule has 1 aliphatic heterocycles. The lowest BCUT2D eigenvalue weighted by Crippen LogP contribution is -2.50. The summed E-state index contributed by atoms with van der Waals surface area (Å²) in [6, 6.07) is 14.4. The van der Waals surface area contributed by atoms with Gasteiger partial charge in [0.25, 0.3) is 5.91 Å². The van der Waals surface area contributed by atoms with Crippen molar-refractivity contribution < 1.29 is 22.7 Å². The zero-order chi connectivity index (χ0) is 21.6. The van der Waals surface area contributed by atoms with E-state index in [1.165, 1.54) is 4.31 Å². The topological polar surface area (TPSA) is 88.2 Å². The molecule has 9 heteroatoms. The highest BCUT2D eigenvalue weighted by Crippen LogP contribution is 2.28. The van der Waals surface area contributed by atoms with Gasteiger partial charge in [0.05, 0.1) is 25.7 Å². The summed E-state index contributed by atoms with van der Waals surface area (Å²) in [6.07, 6.45) is 0. The Morgan fingerprint density at radius 1 is 0.967 bits per heavy atom. The number of nitrogens with one attached hydrogen (secondary N) is 1. The van der Waals surface area contributed by atoms with Crippen LogP contribution in [0.1, 0.15) is 10.4 Å². The molecular weight excluding hydrogens is 406 g/mol. The number of anilines is 1. The average molecular weight is 434 g/mol. The third kappa shape index (κ3) is 5.22. The van der Waals surface area contributed by atoms with Crippen LogP contribution in [-0.2, 0) is 10.0 Å². The second-order valence-corrected chi connectivity index (χ2v) is 8.95. The van der Waals surface area contributed by atoms with Gasteiger partial charge in [0.1, 0.15) is 11.5 Å². The molecule has 162 valence electrons. The zero-order valence-corrected chi connectivity index (χ0v) is 18.0. The SMILES string of the molecule is COc1ccc(C(=O)NCCS(=O)(=O)N2CCN(c3ccccc3OC)CC2)cc1. The number of hydrogen-bond acceptors (Lipinski definition) is 6. The molecule has 2 aromatic carbocycles. The van der Waals surface area contributed by atoms with Crippen molar-refractivity contribution >= 4 is 21.6 Å². The van der Waals surface area contributed by atoms with E-state index in [0.717, 1.165) is 11.4 Å². The predicted octanol–water partition coefficient (Wildman–Crippen LogP) is 1.59. The Bertz CT molecular complexity index is 955. The molecule has 0 aromatic heterocycles. The molecule has 2 aromatic rings. The van der Waals surface area contributed by atoms with E-state index in [9.17, 15) is 13.2 Å². The Kier molecular flexibility index (Phi) is 7.17. The lowest BCUT2D eigenvalue weighted by atomic mass is 10.2. The normalized spacial score (nSPS) is 14.9. The van der Waals surface area contributed by atoms with E-state index in [0.29, 0.717) is 37.5 Å². The monoisotopic (exact) mass is 433 g/mol. The largest absolute Gasteiger partial charge is 0.497 e. The van der Waals surface area contributed by atoms with Crippen LogP contribution in [0.3, 0.4) is 0 Å². The Balaban J connectivity index is 1.50. The molecular formula is C21H27N3O5S. The number of methoxy groups -OCH3 is 2. The van der Waals surface area contributed by atoms with E-state index in [2.05, 4.69) is 10.2 Å². The quantitative estimate of drug-likeness (QED) is 0.680. The molecule has 30 heavy (non-hydrogen) atoms. The van der Waals surface area contributed by atoms with Crippen molar-refractivity contribution in [2.75, 3.05) is 57.6 Å². The Hall–Kier alpha value is -2.78. The molecule has 0 saturated carbocycles. The molecule has 1 saturated heterocycles. The first-order valence-corrected chi connectivity index (χ1v) is 11.3. The molecule has 0 unspecified atom stereocenters. The Morgan fingerprint density at radius 2 is 1.63 bits per heavy atom. The fourth-order valence-electron chi connectivity index (χ4n) is 3.37. The highest BCUT2D eigenvalue weighted by molar-refractivity contribution is 7.89. The van der Waals surface area contributed by atoms with E-state index in [-0.39, 0.29) is 18.2 Å². The number of para-hydroxylation sites is 2. The van der Waals surface area contributed by atoms with Crippen molar-refractivity contribution in [3.8, 4) is 11.5 Å². The van der Waals surface area contributed by atoms with Gasteiger partial charge >= 0.3 is 0 Å². The lowest BCUT2D eigenvalue weighted by Gasteiger charge is -2.36. The standard InChI is InChI=1S/C21H27N3O5S/c1-28-18-9-7-17(8-10-18)21(25)22-11-16-30(26,27)24-14-12-23(13-15-24)19-5-3-4-6-20(19)29-2/h3-10H,11-16H2,1-2H3,(H,22,25). The van der Waals surface area contributed by atoms with Gasteiger partial charge in [-0.2, -0.15) is 4.31 Å². The fraction of sp³-hybridized carbons (Fsp3) is 0.381. The Morgan fingerprint density at radius 3 is 2.27 bits per heavy atom. The van der Waals surface area contributed by atoms with Crippen LogP contribution in [0.2, 0.25) is 0 Å². The van der Waals surface area contributed by atoms with Gasteiger partial charge in [-0.3, -0.25) is 4.79 Å². The van der Waals surface area contributed by atoms with Crippen LogP contribution in [0.15, 0.2) is 48.5 Å². The van der Waals surface area contributed by atoms with E-state index < -0.39 is 10.0 Å². The first-order chi connectivity index (χ1) is 14.4. The number of benzene rings is 2. The van der Waals surface area contributed by atoms with Crippen LogP contribution in [0.4, 0.5) is 5.69 Å². The van der Waals surface area contributed by atoms with Gasteiger partial charge < -0.3 is 19.7 Å². The second-order valence-electron chi connectivity index (χ2n) is 6.86. The molecule has 3 rings (SSSR count). The number of rotatable bonds is 8. The summed E-state index contributed by atoms with van der Waals surface area (Å²) in [5, 5.41) is 2.67. The summed E-state index contributed by atoms with van der Waals surface area (Å²) < 4.78 is 37.3. The first kappa shape index (κ1) is 21.9. The molecule has 0 spiro atoms. The van der Waals surface area contributed by atoms with Crippen molar-refractivity contribution in [3.05, 3.63) is 54.1 Å². The fourth-order valence-corrected chi connectivity index (χ4v) is 4.70. The van der Waals surface area contributed by atoms with Crippen LogP contribution in [0.5, 0.6) is 11.5 Å². The van der Waals surface area contributed by atoms with Crippen LogP contribution in [0, 0.1) is 0 Å². The number of piperazine rings is 1. The van der Waals surface area contributed by atoms with Gasteiger partial charge in [-0.1, -0.05) is 12.1 Å². The van der Waals surface area contributed by atoms with Crippen molar-refractivity contribution in [1.29, 1.82) is 0 Å². The number of sulfonamides is 1. The minimum atomic E-state index is -3.45. The molecule has 0 radical (unpaired) electrons. The van der Waals surface area contributed by atoms with Crippen LogP contribution in [0.25, 0.3) is 0 Å². The molecule has 1 fully saturated rings. The molecule has 1 N–H and O–H groups in total. The molecule has 1 amide bonds. The third-order valence-corrected chi connectivity index (χ3v) is 6.93. The molecule has 0 bridgehead atoms. The van der Waals surface area contributed by atoms with Gasteiger partial charge in [0, 0.05) is 38.3 Å². The third-order valence-electron chi connectivity index (χ3n) is 5.06. The first-order valence-electron chi connectivity index (χ1n) is 9.72. The highest BCUT2D eigenvalue weighted by atomic mass is 32.2. The predicted molar refractivity (Wildman–Crippen MR) is 116 cm³/mol. The summed E-state index contributed by atoms with van der Waals surface area (Å²) in [4.78, 5) is 14.3. The lowest BCUT2D eigenvalue weighted by molar-refractivity contribution is 0.0956. The van der Waals surface area contributed by atoms with Crippen LogP contribution in [-0.4, -0.2) is 71.3 Å². The number of carbonyl (C=O) groups is 1. The van der Waals surface area contributed by atoms with Gasteiger partial charge in [0.2, 0.25) is 10.0 Å². The van der Waals surface area contributed by atoms with E-state index in [1.807, 2.05) is 24.3 Å². The number of amides is 1. The highest BCUT2D eigenvalue weighted by Gasteiger charge is 2.27. The number of carbonyl (C=O) groups excluding carboxylic acids is 1. The van der Waals surface area contributed by atoms with Gasteiger partial charge in [-0.15, -0.1) is 0 Å². The summed E-state index contributed by atoms with van der Waals surface area (Å²) >= 11 is 0. The smallest absolute Gasteiger partial charge is 0.251 e. The van der Waals surface area contributed by atoms with Crippen molar-refractivity contribution in [1.82, 2.24) is 9.62 Å². The minimum absolute atomic E-state index is 0.0555. The second kappa shape index (κ2) is 9.82. The summed E-state index contributed by atoms with van der Waals surface area (Å²) in [6.45, 7) is 2.01. The zero-order valence-electron chi connectivity index (χ0n) is 17.2. The van der Waals surface area contributed by atoms with E-state index in [1.54, 1.807) is 38.5 Å². The van der Waals surface area contributed by atoms with Crippen LogP contribution < -0.4 is 19.7 Å². The average Bonchev–Trinajstić information content (AvgIpc) is 2.79. The van der Waals surface area contributed by atoms with Gasteiger partial charge in [0.15, 0.2) is 0 Å². The van der Waals surface area contributed by atoms with Crippen molar-refractivity contribution in [3.63, 3.8) is 0 Å². The maximum Gasteiger partial charge on any atom is 0.251 e. The molecule has 1 aliphatic rings. The van der Waals surface area contributed by atoms with Crippen molar-refractivity contribution in [2.24, 2.45) is 0 Å². The van der Waals surface area contributed by atoms with Gasteiger partial charge in [-0.25, -0.2) is 8.42 Å². The number of hydrogen-bond donors (Lipinski definition) is 1. The minimum Gasteiger partial charge on any atom is -0.497 e. The Labute approximate surface area is 177 Å². The maximum absolute atomic E-state index is 12.7. The molecule has 8 nitrogen and oxygen atoms in total. The summed E-state index contributed by atoms with van der Waals surface area (Å²) in [5.74, 6) is 0.981. The maximum atomic E-state index is 12.7. The molecule has 0 atom stereocenters. The van der Waals surface area contributed by atoms with Gasteiger partial charge in [-0.05, 0) is 36.4 Å². The number of ether oxygens (including phenoxy) is 2. The van der Waals surface area contributed by atoms with Crippen molar-refractivity contribution in [2.45, 2.75) is 0 Å². The number of nitrogens with zero attached hydrogens (tertiary/aromatic N) is 2.